The number of benzene rings is 3. The second-order valence-corrected chi connectivity index (χ2v) is 12.8. The first kappa shape index (κ1) is 31.1. The molecule has 1 saturated carbocycles. The SMILES string of the molecule is CC[C@@H](C(=O)NC1CCCC1)N(Cc1cccc(C)c1)C(=O)CN(c1ccc(OC)cc1)S(=O)(=O)c1ccc(C)cc1. The van der Waals surface area contributed by atoms with E-state index in [1.54, 1.807) is 48.5 Å². The monoisotopic (exact) mass is 591 g/mol. The predicted octanol–water partition coefficient (Wildman–Crippen LogP) is 5.37. The first-order valence-corrected chi connectivity index (χ1v) is 15.9. The van der Waals surface area contributed by atoms with Crippen LogP contribution in [0.25, 0.3) is 0 Å². The van der Waals surface area contributed by atoms with Gasteiger partial charge < -0.3 is 15.0 Å². The fourth-order valence-corrected chi connectivity index (χ4v) is 6.82. The number of anilines is 1. The molecule has 1 atom stereocenters. The minimum absolute atomic E-state index is 0.0768. The van der Waals surface area contributed by atoms with E-state index in [-0.39, 0.29) is 23.4 Å². The average molecular weight is 592 g/mol. The molecule has 42 heavy (non-hydrogen) atoms. The van der Waals surface area contributed by atoms with Gasteiger partial charge >= 0.3 is 0 Å². The Morgan fingerprint density at radius 2 is 1.62 bits per heavy atom. The van der Waals surface area contributed by atoms with Crippen LogP contribution in [0.4, 0.5) is 5.69 Å². The Morgan fingerprint density at radius 3 is 2.21 bits per heavy atom. The maximum Gasteiger partial charge on any atom is 0.264 e. The normalized spacial score (nSPS) is 14.3. The van der Waals surface area contributed by atoms with Crippen LogP contribution < -0.4 is 14.4 Å². The largest absolute Gasteiger partial charge is 0.497 e. The minimum Gasteiger partial charge on any atom is -0.497 e. The molecule has 0 spiro atoms. The molecule has 8 nitrogen and oxygen atoms in total. The number of hydrogen-bond acceptors (Lipinski definition) is 5. The molecule has 1 aliphatic carbocycles. The highest BCUT2D eigenvalue weighted by Crippen LogP contribution is 2.27. The number of methoxy groups -OCH3 is 1. The Morgan fingerprint density at radius 1 is 0.952 bits per heavy atom. The van der Waals surface area contributed by atoms with Crippen molar-refractivity contribution in [2.45, 2.75) is 76.4 Å². The van der Waals surface area contributed by atoms with Gasteiger partial charge in [0.25, 0.3) is 10.0 Å². The van der Waals surface area contributed by atoms with Crippen LogP contribution in [0, 0.1) is 13.8 Å². The molecule has 224 valence electrons. The molecule has 2 amide bonds. The summed E-state index contributed by atoms with van der Waals surface area (Å²) in [7, 11) is -2.59. The van der Waals surface area contributed by atoms with Gasteiger partial charge in [0.1, 0.15) is 18.3 Å². The second-order valence-electron chi connectivity index (χ2n) is 10.9. The zero-order valence-electron chi connectivity index (χ0n) is 24.9. The topological polar surface area (TPSA) is 96.0 Å². The van der Waals surface area contributed by atoms with Crippen molar-refractivity contribution in [1.82, 2.24) is 10.2 Å². The number of carbonyl (C=O) groups excluding carboxylic acids is 2. The molecule has 0 aliphatic heterocycles. The molecular formula is C33H41N3O5S. The molecule has 0 radical (unpaired) electrons. The van der Waals surface area contributed by atoms with Gasteiger partial charge in [-0.05, 0) is 75.1 Å². The highest BCUT2D eigenvalue weighted by Gasteiger charge is 2.34. The molecule has 3 aromatic carbocycles. The molecule has 0 unspecified atom stereocenters. The van der Waals surface area contributed by atoms with Crippen molar-refractivity contribution in [2.75, 3.05) is 18.0 Å². The smallest absolute Gasteiger partial charge is 0.264 e. The van der Waals surface area contributed by atoms with Crippen LogP contribution >= 0.6 is 0 Å². The van der Waals surface area contributed by atoms with E-state index >= 15 is 0 Å². The summed E-state index contributed by atoms with van der Waals surface area (Å²) in [5.41, 5.74) is 3.14. The Bertz CT molecular complexity index is 1470. The Balaban J connectivity index is 1.71. The van der Waals surface area contributed by atoms with Crippen LogP contribution in [-0.4, -0.2) is 50.9 Å². The van der Waals surface area contributed by atoms with Crippen LogP contribution in [0.1, 0.15) is 55.7 Å². The van der Waals surface area contributed by atoms with Gasteiger partial charge in [-0.2, -0.15) is 0 Å². The maximum absolute atomic E-state index is 14.2. The van der Waals surface area contributed by atoms with E-state index in [9.17, 15) is 18.0 Å². The quantitative estimate of drug-likeness (QED) is 0.305. The minimum atomic E-state index is -4.13. The van der Waals surface area contributed by atoms with E-state index in [0.717, 1.165) is 46.7 Å². The number of hydrogen-bond donors (Lipinski definition) is 1. The van der Waals surface area contributed by atoms with Crippen molar-refractivity contribution < 1.29 is 22.7 Å². The summed E-state index contributed by atoms with van der Waals surface area (Å²) in [4.78, 5) is 29.4. The van der Waals surface area contributed by atoms with Gasteiger partial charge in [0.15, 0.2) is 0 Å². The summed E-state index contributed by atoms with van der Waals surface area (Å²) in [5.74, 6) is -0.104. The van der Waals surface area contributed by atoms with Crippen molar-refractivity contribution in [3.63, 3.8) is 0 Å². The number of ether oxygens (including phenoxy) is 1. The number of carbonyl (C=O) groups is 2. The lowest BCUT2D eigenvalue weighted by atomic mass is 10.1. The van der Waals surface area contributed by atoms with E-state index in [2.05, 4.69) is 5.32 Å². The highest BCUT2D eigenvalue weighted by molar-refractivity contribution is 7.92. The Hall–Kier alpha value is -3.85. The van der Waals surface area contributed by atoms with Gasteiger partial charge in [-0.1, -0.05) is 67.3 Å². The first-order chi connectivity index (χ1) is 20.1. The summed E-state index contributed by atoms with van der Waals surface area (Å²) in [6.45, 7) is 5.44. The lowest BCUT2D eigenvalue weighted by Crippen LogP contribution is -2.53. The third-order valence-electron chi connectivity index (χ3n) is 7.77. The van der Waals surface area contributed by atoms with Crippen LogP contribution in [0.5, 0.6) is 5.75 Å². The van der Waals surface area contributed by atoms with Gasteiger partial charge in [-0.3, -0.25) is 13.9 Å². The third kappa shape index (κ3) is 7.50. The zero-order valence-corrected chi connectivity index (χ0v) is 25.7. The molecule has 1 N–H and O–H groups in total. The maximum atomic E-state index is 14.2. The summed E-state index contributed by atoms with van der Waals surface area (Å²) in [6, 6.07) is 20.2. The Kier molecular flexibility index (Phi) is 10.3. The van der Waals surface area contributed by atoms with Crippen molar-refractivity contribution >= 4 is 27.5 Å². The third-order valence-corrected chi connectivity index (χ3v) is 9.56. The fourth-order valence-electron chi connectivity index (χ4n) is 5.41. The lowest BCUT2D eigenvalue weighted by Gasteiger charge is -2.34. The number of aryl methyl sites for hydroxylation is 2. The molecule has 3 aromatic rings. The number of nitrogens with zero attached hydrogens (tertiary/aromatic N) is 2. The molecule has 4 rings (SSSR count). The highest BCUT2D eigenvalue weighted by atomic mass is 32.2. The molecule has 0 heterocycles. The van der Waals surface area contributed by atoms with Crippen LogP contribution in [0.3, 0.4) is 0 Å². The van der Waals surface area contributed by atoms with E-state index in [1.807, 2.05) is 45.0 Å². The van der Waals surface area contributed by atoms with Crippen molar-refractivity contribution in [1.29, 1.82) is 0 Å². The van der Waals surface area contributed by atoms with Gasteiger partial charge in [0.05, 0.1) is 17.7 Å². The summed E-state index contributed by atoms with van der Waals surface area (Å²) in [5, 5.41) is 3.14. The standard InChI is InChI=1S/C33H41N3O5S/c1-5-31(33(38)34-27-11-6-7-12-27)35(22-26-10-8-9-25(3)21-26)32(37)23-36(28-15-17-29(41-4)18-16-28)42(39,40)30-19-13-24(2)14-20-30/h8-10,13-21,27,31H,5-7,11-12,22-23H2,1-4H3,(H,34,38)/t31-/m0/s1. The molecule has 1 aliphatic rings. The predicted molar refractivity (Wildman–Crippen MR) is 165 cm³/mol. The van der Waals surface area contributed by atoms with Crippen LogP contribution in [-0.2, 0) is 26.2 Å². The zero-order chi connectivity index (χ0) is 30.3. The van der Waals surface area contributed by atoms with Gasteiger partial charge in [0, 0.05) is 12.6 Å². The van der Waals surface area contributed by atoms with Crippen LogP contribution in [0.2, 0.25) is 0 Å². The number of nitrogens with one attached hydrogen (secondary N) is 1. The lowest BCUT2D eigenvalue weighted by molar-refractivity contribution is -0.140. The van der Waals surface area contributed by atoms with Gasteiger partial charge in [-0.15, -0.1) is 0 Å². The van der Waals surface area contributed by atoms with Crippen molar-refractivity contribution in [2.24, 2.45) is 0 Å². The van der Waals surface area contributed by atoms with Crippen LogP contribution in [0.15, 0.2) is 77.7 Å². The summed E-state index contributed by atoms with van der Waals surface area (Å²) in [6.07, 6.45) is 4.38. The fraction of sp³-hybridized carbons (Fsp3) is 0.394. The molecular weight excluding hydrogens is 550 g/mol. The summed E-state index contributed by atoms with van der Waals surface area (Å²) >= 11 is 0. The summed E-state index contributed by atoms with van der Waals surface area (Å²) < 4.78 is 34.4. The van der Waals surface area contributed by atoms with Gasteiger partial charge in [0.2, 0.25) is 11.8 Å². The average Bonchev–Trinajstić information content (AvgIpc) is 3.49. The molecule has 0 aromatic heterocycles. The number of rotatable bonds is 12. The van der Waals surface area contributed by atoms with E-state index in [4.69, 9.17) is 4.74 Å². The number of amides is 2. The molecule has 1 fully saturated rings. The number of sulfonamides is 1. The van der Waals surface area contributed by atoms with Crippen molar-refractivity contribution in [3.8, 4) is 5.75 Å². The Labute approximate surface area is 249 Å². The first-order valence-electron chi connectivity index (χ1n) is 14.5. The van der Waals surface area contributed by atoms with E-state index in [1.165, 1.54) is 12.0 Å². The van der Waals surface area contributed by atoms with Gasteiger partial charge in [-0.25, -0.2) is 8.42 Å². The molecule has 9 heteroatoms. The second kappa shape index (κ2) is 13.9. The van der Waals surface area contributed by atoms with E-state index in [0.29, 0.717) is 17.9 Å². The van der Waals surface area contributed by atoms with E-state index < -0.39 is 28.5 Å². The molecule has 0 saturated heterocycles. The van der Waals surface area contributed by atoms with Crippen molar-refractivity contribution in [3.05, 3.63) is 89.5 Å². The molecule has 0 bridgehead atoms.